The summed E-state index contributed by atoms with van der Waals surface area (Å²) in [6.45, 7) is 0. The molecule has 2 aliphatic heterocycles. The predicted molar refractivity (Wildman–Crippen MR) is 102 cm³/mol. The summed E-state index contributed by atoms with van der Waals surface area (Å²) in [7, 11) is 2.17. The van der Waals surface area contributed by atoms with Gasteiger partial charge in [-0.1, -0.05) is 6.42 Å². The lowest BCUT2D eigenvalue weighted by Crippen LogP contribution is -2.52. The van der Waals surface area contributed by atoms with E-state index in [-0.39, 0.29) is 29.0 Å². The number of nitro groups is 1. The highest BCUT2D eigenvalue weighted by molar-refractivity contribution is 5.74. The quantitative estimate of drug-likeness (QED) is 0.423. The zero-order valence-electron chi connectivity index (χ0n) is 16.6. The first kappa shape index (κ1) is 19.2. The summed E-state index contributed by atoms with van der Waals surface area (Å²) in [5.74, 6) is 0.790. The monoisotopic (exact) mass is 378 g/mol. The molecule has 2 heterocycles. The zero-order chi connectivity index (χ0) is 19.0. The summed E-state index contributed by atoms with van der Waals surface area (Å²) in [5.41, 5.74) is 0. The fourth-order valence-corrected chi connectivity index (χ4v) is 6.49. The lowest BCUT2D eigenvalue weighted by atomic mass is 9.67. The molecule has 2 bridgehead atoms. The Bertz CT molecular complexity index is 554. The molecule has 2 aliphatic carbocycles. The zero-order valence-corrected chi connectivity index (χ0v) is 16.6. The van der Waals surface area contributed by atoms with Crippen molar-refractivity contribution in [3.8, 4) is 0 Å². The number of carbonyl (C=O) groups is 1. The summed E-state index contributed by atoms with van der Waals surface area (Å²) >= 11 is 0. The normalized spacial score (nSPS) is 40.6. The van der Waals surface area contributed by atoms with Gasteiger partial charge >= 0.3 is 5.97 Å². The average molecular weight is 379 g/mol. The topological polar surface area (TPSA) is 72.7 Å². The van der Waals surface area contributed by atoms with Gasteiger partial charge < -0.3 is 4.74 Å². The number of ether oxygens (including phenoxy) is 1. The molecule has 4 atom stereocenters. The molecule has 152 valence electrons. The van der Waals surface area contributed by atoms with Gasteiger partial charge in [0.05, 0.1) is 5.92 Å². The molecule has 0 amide bonds. The molecule has 0 aromatic heterocycles. The van der Waals surface area contributed by atoms with E-state index in [1.165, 1.54) is 25.7 Å². The molecule has 0 aromatic carbocycles. The highest BCUT2D eigenvalue weighted by Gasteiger charge is 2.52. The Labute approximate surface area is 162 Å². The fourth-order valence-electron chi connectivity index (χ4n) is 6.49. The number of hydrogen-bond acceptors (Lipinski definition) is 5. The smallest absolute Gasteiger partial charge is 0.311 e. The molecule has 27 heavy (non-hydrogen) atoms. The van der Waals surface area contributed by atoms with Gasteiger partial charge in [-0.3, -0.25) is 19.8 Å². The Kier molecular flexibility index (Phi) is 5.72. The SMILES string of the molecule is CN1C2CC[C@@H]1C[C@H](C1CCC([N+](=O)[O-])CC1)C2C(=O)OC1CCCCC1. The fraction of sp³-hybridized carbons (Fsp3) is 0.952. The lowest BCUT2D eigenvalue weighted by molar-refractivity contribution is -0.527. The maximum atomic E-state index is 13.3. The molecule has 2 saturated heterocycles. The van der Waals surface area contributed by atoms with Crippen LogP contribution in [0.1, 0.15) is 77.0 Å². The van der Waals surface area contributed by atoms with Crippen LogP contribution in [0.3, 0.4) is 0 Å². The third-order valence-corrected chi connectivity index (χ3v) is 8.07. The number of nitrogens with zero attached hydrogens (tertiary/aromatic N) is 2. The van der Waals surface area contributed by atoms with Crippen molar-refractivity contribution < 1.29 is 14.5 Å². The van der Waals surface area contributed by atoms with Gasteiger partial charge in [0.2, 0.25) is 6.04 Å². The predicted octanol–water partition coefficient (Wildman–Crippen LogP) is 3.80. The van der Waals surface area contributed by atoms with Gasteiger partial charge in [-0.25, -0.2) is 0 Å². The van der Waals surface area contributed by atoms with E-state index in [4.69, 9.17) is 4.74 Å². The number of hydrogen-bond donors (Lipinski definition) is 0. The van der Waals surface area contributed by atoms with Crippen molar-refractivity contribution in [3.05, 3.63) is 10.1 Å². The molecule has 0 spiro atoms. The van der Waals surface area contributed by atoms with Crippen LogP contribution in [0.2, 0.25) is 0 Å². The lowest BCUT2D eigenvalue weighted by Gasteiger charge is -2.46. The summed E-state index contributed by atoms with van der Waals surface area (Å²) in [6.07, 6.45) is 12.2. The Morgan fingerprint density at radius 2 is 1.70 bits per heavy atom. The molecule has 2 unspecified atom stereocenters. The van der Waals surface area contributed by atoms with E-state index in [2.05, 4.69) is 11.9 Å². The third kappa shape index (κ3) is 3.87. The van der Waals surface area contributed by atoms with Crippen LogP contribution in [0.4, 0.5) is 0 Å². The minimum atomic E-state index is -0.378. The van der Waals surface area contributed by atoms with Crippen molar-refractivity contribution in [2.24, 2.45) is 17.8 Å². The van der Waals surface area contributed by atoms with Crippen molar-refractivity contribution in [1.29, 1.82) is 0 Å². The minimum Gasteiger partial charge on any atom is -0.462 e. The Hall–Kier alpha value is -1.17. The molecule has 4 fully saturated rings. The minimum absolute atomic E-state index is 0.0282. The van der Waals surface area contributed by atoms with E-state index in [0.717, 1.165) is 38.5 Å². The van der Waals surface area contributed by atoms with E-state index in [1.807, 2.05) is 0 Å². The number of esters is 1. The molecule has 0 aromatic rings. The number of carbonyl (C=O) groups excluding carboxylic acids is 1. The molecular formula is C21H34N2O4. The van der Waals surface area contributed by atoms with Gasteiger partial charge in [-0.2, -0.15) is 0 Å². The van der Waals surface area contributed by atoms with Crippen molar-refractivity contribution in [3.63, 3.8) is 0 Å². The third-order valence-electron chi connectivity index (χ3n) is 8.07. The van der Waals surface area contributed by atoms with Crippen LogP contribution in [-0.4, -0.2) is 47.1 Å². The summed E-state index contributed by atoms with van der Waals surface area (Å²) in [6, 6.07) is 0.502. The Balaban J connectivity index is 1.47. The standard InChI is InChI=1S/C21H34N2O4/c1-22-16-11-12-19(22)20(21(24)27-17-5-3-2-4-6-17)18(13-16)14-7-9-15(10-8-14)23(25)26/h14-20H,2-13H2,1H3/t14?,15?,16-,18-,19?,20?/m1/s1. The van der Waals surface area contributed by atoms with Crippen LogP contribution in [0, 0.1) is 27.9 Å². The van der Waals surface area contributed by atoms with Gasteiger partial charge in [0.15, 0.2) is 0 Å². The summed E-state index contributed by atoms with van der Waals surface area (Å²) in [4.78, 5) is 26.7. The molecular weight excluding hydrogens is 344 g/mol. The van der Waals surface area contributed by atoms with E-state index >= 15 is 0 Å². The van der Waals surface area contributed by atoms with Crippen LogP contribution in [-0.2, 0) is 9.53 Å². The average Bonchev–Trinajstić information content (AvgIpc) is 2.91. The van der Waals surface area contributed by atoms with Gasteiger partial charge in [0, 0.05) is 29.8 Å². The van der Waals surface area contributed by atoms with Crippen LogP contribution in [0.15, 0.2) is 0 Å². The summed E-state index contributed by atoms with van der Waals surface area (Å²) in [5, 5.41) is 11.1. The first-order chi connectivity index (χ1) is 13.0. The number of rotatable bonds is 4. The van der Waals surface area contributed by atoms with E-state index in [1.54, 1.807) is 0 Å². The van der Waals surface area contributed by atoms with Gasteiger partial charge in [0.1, 0.15) is 6.10 Å². The molecule has 4 aliphatic rings. The van der Waals surface area contributed by atoms with Crippen LogP contribution >= 0.6 is 0 Å². The Morgan fingerprint density at radius 1 is 1.00 bits per heavy atom. The van der Waals surface area contributed by atoms with Crippen molar-refractivity contribution in [2.75, 3.05) is 7.05 Å². The number of piperidine rings is 1. The highest BCUT2D eigenvalue weighted by Crippen LogP contribution is 2.48. The van der Waals surface area contributed by atoms with E-state index < -0.39 is 0 Å². The first-order valence-corrected chi connectivity index (χ1v) is 11.1. The summed E-state index contributed by atoms with van der Waals surface area (Å²) < 4.78 is 6.04. The highest BCUT2D eigenvalue weighted by atomic mass is 16.6. The van der Waals surface area contributed by atoms with Crippen LogP contribution in [0.5, 0.6) is 0 Å². The first-order valence-electron chi connectivity index (χ1n) is 11.1. The second-order valence-electron chi connectivity index (χ2n) is 9.44. The van der Waals surface area contributed by atoms with E-state index in [0.29, 0.717) is 36.8 Å². The van der Waals surface area contributed by atoms with Gasteiger partial charge in [0.25, 0.3) is 0 Å². The molecule has 0 radical (unpaired) electrons. The molecule has 6 heteroatoms. The van der Waals surface area contributed by atoms with Crippen LogP contribution < -0.4 is 0 Å². The largest absolute Gasteiger partial charge is 0.462 e. The molecule has 0 N–H and O–H groups in total. The number of fused-ring (bicyclic) bond motifs is 2. The van der Waals surface area contributed by atoms with Crippen molar-refractivity contribution in [1.82, 2.24) is 4.90 Å². The second kappa shape index (κ2) is 8.06. The van der Waals surface area contributed by atoms with Gasteiger partial charge in [-0.05, 0) is 76.7 Å². The van der Waals surface area contributed by atoms with E-state index in [9.17, 15) is 14.9 Å². The second-order valence-corrected chi connectivity index (χ2v) is 9.44. The van der Waals surface area contributed by atoms with Crippen molar-refractivity contribution in [2.45, 2.75) is 101 Å². The van der Waals surface area contributed by atoms with Crippen molar-refractivity contribution >= 4 is 5.97 Å². The molecule has 4 rings (SSSR count). The maximum absolute atomic E-state index is 13.3. The Morgan fingerprint density at radius 3 is 2.37 bits per heavy atom. The van der Waals surface area contributed by atoms with Crippen LogP contribution in [0.25, 0.3) is 0 Å². The molecule has 2 saturated carbocycles. The maximum Gasteiger partial charge on any atom is 0.311 e. The van der Waals surface area contributed by atoms with Gasteiger partial charge in [-0.15, -0.1) is 0 Å². The molecule has 6 nitrogen and oxygen atoms in total.